The van der Waals surface area contributed by atoms with Crippen molar-refractivity contribution in [3.8, 4) is 0 Å². The number of ether oxygens (including phenoxy) is 1. The highest BCUT2D eigenvalue weighted by atomic mass is 79.9. The van der Waals surface area contributed by atoms with Crippen molar-refractivity contribution >= 4 is 43.3 Å². The van der Waals surface area contributed by atoms with Gasteiger partial charge in [-0.05, 0) is 23.6 Å². The zero-order valence-electron chi connectivity index (χ0n) is 8.12. The summed E-state index contributed by atoms with van der Waals surface area (Å²) >= 11 is 5.07. The van der Waals surface area contributed by atoms with E-state index in [0.717, 1.165) is 9.35 Å². The third-order valence-corrected chi connectivity index (χ3v) is 3.52. The SMILES string of the molecule is CC(=O)OCc1cc2ccc(Br)cc2s1. The molecule has 0 saturated carbocycles. The van der Waals surface area contributed by atoms with Crippen LogP contribution in [0.1, 0.15) is 11.8 Å². The second-order valence-electron chi connectivity index (χ2n) is 3.18. The van der Waals surface area contributed by atoms with Gasteiger partial charge in [0.25, 0.3) is 0 Å². The lowest BCUT2D eigenvalue weighted by Crippen LogP contribution is -1.96. The maximum atomic E-state index is 10.7. The highest BCUT2D eigenvalue weighted by molar-refractivity contribution is 9.10. The molecule has 2 nitrogen and oxygen atoms in total. The zero-order valence-corrected chi connectivity index (χ0v) is 10.5. The van der Waals surface area contributed by atoms with Crippen LogP contribution in [0.4, 0.5) is 0 Å². The molecule has 0 atom stereocenters. The zero-order chi connectivity index (χ0) is 10.8. The first-order valence-electron chi connectivity index (χ1n) is 4.46. The summed E-state index contributed by atoms with van der Waals surface area (Å²) in [5.74, 6) is -0.242. The topological polar surface area (TPSA) is 26.3 Å². The van der Waals surface area contributed by atoms with E-state index in [1.165, 1.54) is 17.0 Å². The molecule has 4 heteroatoms. The molecule has 1 aromatic heterocycles. The molecule has 0 amide bonds. The molecule has 0 spiro atoms. The molecule has 0 unspecified atom stereocenters. The summed E-state index contributed by atoms with van der Waals surface area (Å²) < 4.78 is 7.21. The van der Waals surface area contributed by atoms with Crippen molar-refractivity contribution in [3.05, 3.63) is 33.6 Å². The lowest BCUT2D eigenvalue weighted by atomic mass is 10.2. The summed E-state index contributed by atoms with van der Waals surface area (Å²) in [6.07, 6.45) is 0. The fourth-order valence-corrected chi connectivity index (χ4v) is 2.83. The van der Waals surface area contributed by atoms with Gasteiger partial charge < -0.3 is 4.74 Å². The lowest BCUT2D eigenvalue weighted by Gasteiger charge is -1.96. The molecule has 15 heavy (non-hydrogen) atoms. The number of carbonyl (C=O) groups excluding carboxylic acids is 1. The lowest BCUT2D eigenvalue weighted by molar-refractivity contribution is -0.142. The van der Waals surface area contributed by atoms with Gasteiger partial charge in [-0.1, -0.05) is 22.0 Å². The fourth-order valence-electron chi connectivity index (χ4n) is 1.30. The normalized spacial score (nSPS) is 10.5. The molecule has 2 rings (SSSR count). The predicted octanol–water partition coefficient (Wildman–Crippen LogP) is 3.73. The van der Waals surface area contributed by atoms with Crippen molar-refractivity contribution < 1.29 is 9.53 Å². The molecule has 0 aliphatic heterocycles. The van der Waals surface area contributed by atoms with E-state index in [1.807, 2.05) is 12.1 Å². The number of benzene rings is 1. The number of hydrogen-bond donors (Lipinski definition) is 0. The van der Waals surface area contributed by atoms with Crippen LogP contribution < -0.4 is 0 Å². The quantitative estimate of drug-likeness (QED) is 0.786. The second kappa shape index (κ2) is 4.33. The monoisotopic (exact) mass is 284 g/mol. The average Bonchev–Trinajstić information content (AvgIpc) is 2.56. The van der Waals surface area contributed by atoms with Gasteiger partial charge in [0.2, 0.25) is 0 Å². The Hall–Kier alpha value is -0.870. The largest absolute Gasteiger partial charge is 0.460 e. The Morgan fingerprint density at radius 2 is 2.27 bits per heavy atom. The summed E-state index contributed by atoms with van der Waals surface area (Å²) in [7, 11) is 0. The molecule has 0 saturated heterocycles. The first-order chi connectivity index (χ1) is 7.15. The van der Waals surface area contributed by atoms with E-state index in [-0.39, 0.29) is 5.97 Å². The summed E-state index contributed by atoms with van der Waals surface area (Å²) in [6, 6.07) is 8.17. The van der Waals surface area contributed by atoms with E-state index in [9.17, 15) is 4.79 Å². The fraction of sp³-hybridized carbons (Fsp3) is 0.182. The van der Waals surface area contributed by atoms with Crippen LogP contribution in [0.2, 0.25) is 0 Å². The molecule has 0 aliphatic carbocycles. The minimum absolute atomic E-state index is 0.242. The van der Waals surface area contributed by atoms with Gasteiger partial charge in [-0.2, -0.15) is 0 Å². The van der Waals surface area contributed by atoms with Crippen molar-refractivity contribution in [1.29, 1.82) is 0 Å². The van der Waals surface area contributed by atoms with Gasteiger partial charge in [-0.25, -0.2) is 0 Å². The number of hydrogen-bond acceptors (Lipinski definition) is 3. The maximum Gasteiger partial charge on any atom is 0.302 e. The van der Waals surface area contributed by atoms with Crippen molar-refractivity contribution in [2.75, 3.05) is 0 Å². The van der Waals surface area contributed by atoms with Crippen LogP contribution in [-0.2, 0) is 16.1 Å². The molecule has 0 bridgehead atoms. The van der Waals surface area contributed by atoms with Crippen molar-refractivity contribution in [2.24, 2.45) is 0 Å². The second-order valence-corrected chi connectivity index (χ2v) is 5.26. The van der Waals surface area contributed by atoms with Crippen LogP contribution in [0.25, 0.3) is 10.1 Å². The van der Waals surface area contributed by atoms with E-state index in [4.69, 9.17) is 4.74 Å². The van der Waals surface area contributed by atoms with Crippen LogP contribution in [0, 0.1) is 0 Å². The maximum absolute atomic E-state index is 10.7. The number of fused-ring (bicyclic) bond motifs is 1. The van der Waals surface area contributed by atoms with Crippen LogP contribution in [0.15, 0.2) is 28.7 Å². The van der Waals surface area contributed by atoms with E-state index in [1.54, 1.807) is 11.3 Å². The molecule has 2 aromatic rings. The summed E-state index contributed by atoms with van der Waals surface area (Å²) in [4.78, 5) is 11.7. The molecule has 0 radical (unpaired) electrons. The van der Waals surface area contributed by atoms with Crippen LogP contribution in [-0.4, -0.2) is 5.97 Å². The smallest absolute Gasteiger partial charge is 0.302 e. The van der Waals surface area contributed by atoms with E-state index < -0.39 is 0 Å². The van der Waals surface area contributed by atoms with Crippen LogP contribution in [0.3, 0.4) is 0 Å². The minimum atomic E-state index is -0.242. The van der Waals surface area contributed by atoms with Gasteiger partial charge in [-0.3, -0.25) is 4.79 Å². The summed E-state index contributed by atoms with van der Waals surface area (Å²) in [6.45, 7) is 1.79. The minimum Gasteiger partial charge on any atom is -0.460 e. The van der Waals surface area contributed by atoms with Gasteiger partial charge in [0.15, 0.2) is 0 Å². The Bertz CT molecular complexity index is 504. The molecule has 1 aromatic carbocycles. The number of carbonyl (C=O) groups is 1. The molecule has 78 valence electrons. The van der Waals surface area contributed by atoms with E-state index in [2.05, 4.69) is 28.1 Å². The Kier molecular flexibility index (Phi) is 3.07. The summed E-state index contributed by atoms with van der Waals surface area (Å²) in [5, 5.41) is 1.19. The van der Waals surface area contributed by atoms with Gasteiger partial charge in [0, 0.05) is 21.0 Å². The highest BCUT2D eigenvalue weighted by Crippen LogP contribution is 2.28. The highest BCUT2D eigenvalue weighted by Gasteiger charge is 2.03. The molecular weight excluding hydrogens is 276 g/mol. The molecule has 1 heterocycles. The average molecular weight is 285 g/mol. The van der Waals surface area contributed by atoms with E-state index >= 15 is 0 Å². The molecule has 0 aliphatic rings. The van der Waals surface area contributed by atoms with Crippen LogP contribution >= 0.6 is 27.3 Å². The summed E-state index contributed by atoms with van der Waals surface area (Å²) in [5.41, 5.74) is 0. The number of esters is 1. The Labute approximate surface area is 100.0 Å². The van der Waals surface area contributed by atoms with E-state index in [0.29, 0.717) is 6.61 Å². The Balaban J connectivity index is 2.27. The Morgan fingerprint density at radius 3 is 3.00 bits per heavy atom. The predicted molar refractivity (Wildman–Crippen MR) is 65.0 cm³/mol. The van der Waals surface area contributed by atoms with Crippen molar-refractivity contribution in [2.45, 2.75) is 13.5 Å². The van der Waals surface area contributed by atoms with Gasteiger partial charge >= 0.3 is 5.97 Å². The third-order valence-electron chi connectivity index (χ3n) is 1.95. The first-order valence-corrected chi connectivity index (χ1v) is 6.07. The first kappa shape index (κ1) is 10.6. The van der Waals surface area contributed by atoms with Crippen molar-refractivity contribution in [1.82, 2.24) is 0 Å². The molecule has 0 fully saturated rings. The number of halogens is 1. The number of thiophene rings is 1. The van der Waals surface area contributed by atoms with Gasteiger partial charge in [0.1, 0.15) is 6.61 Å². The third kappa shape index (κ3) is 2.58. The number of rotatable bonds is 2. The van der Waals surface area contributed by atoms with Crippen molar-refractivity contribution in [3.63, 3.8) is 0 Å². The molecular formula is C11H9BrO2S. The van der Waals surface area contributed by atoms with Gasteiger partial charge in [0.05, 0.1) is 0 Å². The standard InChI is InChI=1S/C11H9BrO2S/c1-7(13)14-6-10-4-8-2-3-9(12)5-11(8)15-10/h2-5H,6H2,1H3. The Morgan fingerprint density at radius 1 is 1.47 bits per heavy atom. The van der Waals surface area contributed by atoms with Crippen LogP contribution in [0.5, 0.6) is 0 Å². The molecule has 0 N–H and O–H groups in total. The van der Waals surface area contributed by atoms with Gasteiger partial charge in [-0.15, -0.1) is 11.3 Å².